The van der Waals surface area contributed by atoms with Crippen LogP contribution in [-0.2, 0) is 0 Å². The van der Waals surface area contributed by atoms with Crippen LogP contribution in [0.15, 0.2) is 52.5 Å². The van der Waals surface area contributed by atoms with Crippen LogP contribution >= 0.6 is 0 Å². The molecule has 1 aromatic carbocycles. The van der Waals surface area contributed by atoms with E-state index in [-0.39, 0.29) is 5.75 Å². The van der Waals surface area contributed by atoms with Crippen LogP contribution in [-0.4, -0.2) is 17.1 Å². The van der Waals surface area contributed by atoms with E-state index in [4.69, 9.17) is 4.42 Å². The summed E-state index contributed by atoms with van der Waals surface area (Å²) in [6.07, 6.45) is 5.35. The van der Waals surface area contributed by atoms with Crippen LogP contribution in [0.25, 0.3) is 23.1 Å². The summed E-state index contributed by atoms with van der Waals surface area (Å²) in [6, 6.07) is 10.2. The molecule has 0 spiro atoms. The molecule has 0 unspecified atom stereocenters. The number of allylic oxidation sites excluding steroid dienone is 2. The van der Waals surface area contributed by atoms with E-state index in [1.807, 2.05) is 19.1 Å². The first-order chi connectivity index (χ1) is 11.5. The number of nitrogens with one attached hydrogen (secondary N) is 1. The second kappa shape index (κ2) is 6.58. The zero-order chi connectivity index (χ0) is 17.1. The molecule has 0 saturated heterocycles. The van der Waals surface area contributed by atoms with Gasteiger partial charge >= 0.3 is 0 Å². The number of furan rings is 1. The Morgan fingerprint density at radius 1 is 1.25 bits per heavy atom. The van der Waals surface area contributed by atoms with Gasteiger partial charge in [-0.25, -0.2) is 4.98 Å². The molecule has 0 aliphatic rings. The van der Waals surface area contributed by atoms with E-state index in [9.17, 15) is 9.50 Å². The van der Waals surface area contributed by atoms with Crippen LogP contribution in [0.3, 0.4) is 0 Å². The maximum Gasteiger partial charge on any atom is 0.222 e. The lowest BCUT2D eigenvalue weighted by Crippen LogP contribution is -1.96. The van der Waals surface area contributed by atoms with E-state index in [0.717, 1.165) is 11.0 Å². The minimum Gasteiger partial charge on any atom is -0.508 e. The molecule has 0 atom stereocenters. The molecule has 3 rings (SSSR count). The number of phenolic OH excluding ortho intramolecular Hbond substituents is 1. The van der Waals surface area contributed by atoms with Gasteiger partial charge in [-0.1, -0.05) is 11.6 Å². The number of aromatic nitrogens is 1. The van der Waals surface area contributed by atoms with Gasteiger partial charge in [0.25, 0.3) is 0 Å². The van der Waals surface area contributed by atoms with Crippen molar-refractivity contribution in [3.8, 4) is 5.75 Å². The normalized spacial score (nSPS) is 12.2. The smallest absolute Gasteiger partial charge is 0.222 e. The molecule has 0 aliphatic heterocycles. The Bertz CT molecular complexity index is 942. The van der Waals surface area contributed by atoms with Crippen molar-refractivity contribution in [3.63, 3.8) is 0 Å². The first kappa shape index (κ1) is 15.8. The fourth-order valence-corrected chi connectivity index (χ4v) is 2.33. The number of anilines is 1. The number of pyridine rings is 1. The molecular formula is C19H17FN2O2. The standard InChI is InChI=1S/C19H17FN2O2/c1-12(9-13-4-8-18(21-2)22-19(13)20)3-6-16-11-14-10-15(23)5-7-17(14)24-16/h3-11,23H,1-2H3,(H,21,22)/b6-3+,12-9+. The average molecular weight is 324 g/mol. The summed E-state index contributed by atoms with van der Waals surface area (Å²) in [5, 5.41) is 13.1. The number of halogens is 1. The Balaban J connectivity index is 1.82. The van der Waals surface area contributed by atoms with Crippen LogP contribution in [0.4, 0.5) is 10.2 Å². The fraction of sp³-hybridized carbons (Fsp3) is 0.105. The lowest BCUT2D eigenvalue weighted by atomic mass is 10.1. The topological polar surface area (TPSA) is 58.3 Å². The van der Waals surface area contributed by atoms with Gasteiger partial charge in [0, 0.05) is 18.0 Å². The van der Waals surface area contributed by atoms with Gasteiger partial charge in [0.05, 0.1) is 0 Å². The summed E-state index contributed by atoms with van der Waals surface area (Å²) >= 11 is 0. The van der Waals surface area contributed by atoms with Crippen molar-refractivity contribution >= 4 is 28.9 Å². The third kappa shape index (κ3) is 3.46. The van der Waals surface area contributed by atoms with Gasteiger partial charge in [-0.15, -0.1) is 0 Å². The lowest BCUT2D eigenvalue weighted by Gasteiger charge is -2.01. The molecular weight excluding hydrogens is 307 g/mol. The number of nitrogens with zero attached hydrogens (tertiary/aromatic N) is 1. The second-order valence-corrected chi connectivity index (χ2v) is 5.42. The Labute approximate surface area is 139 Å². The molecule has 2 heterocycles. The van der Waals surface area contributed by atoms with E-state index in [1.54, 1.807) is 49.5 Å². The summed E-state index contributed by atoms with van der Waals surface area (Å²) in [7, 11) is 1.69. The van der Waals surface area contributed by atoms with Crippen molar-refractivity contribution in [3.05, 3.63) is 65.3 Å². The molecule has 0 amide bonds. The summed E-state index contributed by atoms with van der Waals surface area (Å²) < 4.78 is 19.5. The minimum atomic E-state index is -0.520. The van der Waals surface area contributed by atoms with Crippen LogP contribution < -0.4 is 5.32 Å². The fourth-order valence-electron chi connectivity index (χ4n) is 2.33. The molecule has 2 aromatic heterocycles. The van der Waals surface area contributed by atoms with E-state index >= 15 is 0 Å². The Morgan fingerprint density at radius 2 is 2.08 bits per heavy atom. The lowest BCUT2D eigenvalue weighted by molar-refractivity contribution is 0.476. The highest BCUT2D eigenvalue weighted by Crippen LogP contribution is 2.24. The van der Waals surface area contributed by atoms with Crippen LogP contribution in [0.2, 0.25) is 0 Å². The number of benzene rings is 1. The monoisotopic (exact) mass is 324 g/mol. The quantitative estimate of drug-likeness (QED) is 0.533. The molecule has 0 fully saturated rings. The highest BCUT2D eigenvalue weighted by molar-refractivity contribution is 5.81. The Morgan fingerprint density at radius 3 is 2.83 bits per heavy atom. The Hall–Kier alpha value is -3.08. The summed E-state index contributed by atoms with van der Waals surface area (Å²) in [5.74, 6) is 0.826. The third-order valence-electron chi connectivity index (χ3n) is 3.55. The van der Waals surface area contributed by atoms with Gasteiger partial charge in [0.15, 0.2) is 0 Å². The van der Waals surface area contributed by atoms with Crippen molar-refractivity contribution in [2.24, 2.45) is 0 Å². The van der Waals surface area contributed by atoms with Crippen molar-refractivity contribution in [2.45, 2.75) is 6.92 Å². The maximum atomic E-state index is 13.9. The molecule has 4 nitrogen and oxygen atoms in total. The summed E-state index contributed by atoms with van der Waals surface area (Å²) in [4.78, 5) is 3.81. The first-order valence-corrected chi connectivity index (χ1v) is 7.48. The minimum absolute atomic E-state index is 0.197. The Kier molecular flexibility index (Phi) is 4.33. The molecule has 5 heteroatoms. The van der Waals surface area contributed by atoms with Gasteiger partial charge in [-0.05, 0) is 55.5 Å². The van der Waals surface area contributed by atoms with Crippen molar-refractivity contribution in [2.75, 3.05) is 12.4 Å². The predicted octanol–water partition coefficient (Wildman–Crippen LogP) is 4.83. The van der Waals surface area contributed by atoms with Crippen molar-refractivity contribution in [1.82, 2.24) is 4.98 Å². The number of hydrogen-bond donors (Lipinski definition) is 2. The van der Waals surface area contributed by atoms with Crippen LogP contribution in [0.1, 0.15) is 18.2 Å². The van der Waals surface area contributed by atoms with Crippen molar-refractivity contribution < 1.29 is 13.9 Å². The molecule has 3 aromatic rings. The number of hydrogen-bond acceptors (Lipinski definition) is 4. The van der Waals surface area contributed by atoms with Gasteiger partial charge in [-0.3, -0.25) is 0 Å². The molecule has 24 heavy (non-hydrogen) atoms. The zero-order valence-corrected chi connectivity index (χ0v) is 13.4. The van der Waals surface area contributed by atoms with Gasteiger partial charge in [-0.2, -0.15) is 4.39 Å². The number of phenols is 1. The van der Waals surface area contributed by atoms with Gasteiger partial charge in [0.2, 0.25) is 5.95 Å². The SMILES string of the molecule is CNc1ccc(/C=C(C)/C=C/c2cc3cc(O)ccc3o2)c(F)n1. The molecule has 0 radical (unpaired) electrons. The predicted molar refractivity (Wildman–Crippen MR) is 94.3 cm³/mol. The average Bonchev–Trinajstić information content (AvgIpc) is 2.96. The molecule has 122 valence electrons. The summed E-state index contributed by atoms with van der Waals surface area (Å²) in [5.41, 5.74) is 1.98. The summed E-state index contributed by atoms with van der Waals surface area (Å²) in [6.45, 7) is 1.87. The van der Waals surface area contributed by atoms with Gasteiger partial charge in [0.1, 0.15) is 22.9 Å². The van der Waals surface area contributed by atoms with Gasteiger partial charge < -0.3 is 14.8 Å². The van der Waals surface area contributed by atoms with E-state index in [2.05, 4.69) is 10.3 Å². The van der Waals surface area contributed by atoms with Crippen LogP contribution in [0, 0.1) is 5.95 Å². The highest BCUT2D eigenvalue weighted by Gasteiger charge is 2.03. The molecule has 0 bridgehead atoms. The van der Waals surface area contributed by atoms with Crippen molar-refractivity contribution in [1.29, 1.82) is 0 Å². The number of fused-ring (bicyclic) bond motifs is 1. The first-order valence-electron chi connectivity index (χ1n) is 7.48. The maximum absolute atomic E-state index is 13.9. The van der Waals surface area contributed by atoms with Crippen LogP contribution in [0.5, 0.6) is 5.75 Å². The number of rotatable bonds is 4. The third-order valence-corrected chi connectivity index (χ3v) is 3.55. The zero-order valence-electron chi connectivity index (χ0n) is 13.4. The highest BCUT2D eigenvalue weighted by atomic mass is 19.1. The molecule has 2 N–H and O–H groups in total. The van der Waals surface area contributed by atoms with E-state index in [0.29, 0.717) is 22.7 Å². The second-order valence-electron chi connectivity index (χ2n) is 5.42. The van der Waals surface area contributed by atoms with E-state index < -0.39 is 5.95 Å². The molecule has 0 saturated carbocycles. The largest absolute Gasteiger partial charge is 0.508 e. The number of aromatic hydroxyl groups is 1. The van der Waals surface area contributed by atoms with E-state index in [1.165, 1.54) is 0 Å². The molecule has 0 aliphatic carbocycles.